The van der Waals surface area contributed by atoms with Crippen LogP contribution < -0.4 is 0 Å². The SMILES string of the molecule is Cc1nnnn1-c1ncccc1C#N. The van der Waals surface area contributed by atoms with Crippen LogP contribution in [0.4, 0.5) is 0 Å². The van der Waals surface area contributed by atoms with Gasteiger partial charge in [-0.05, 0) is 29.5 Å². The Hall–Kier alpha value is -2.29. The number of nitrogens with zero attached hydrogens (tertiary/aromatic N) is 6. The number of pyridine rings is 1. The van der Waals surface area contributed by atoms with Crippen molar-refractivity contribution < 1.29 is 0 Å². The van der Waals surface area contributed by atoms with Gasteiger partial charge in [-0.1, -0.05) is 0 Å². The molecule has 0 aliphatic heterocycles. The zero-order valence-electron chi connectivity index (χ0n) is 7.42. The van der Waals surface area contributed by atoms with E-state index in [1.807, 2.05) is 6.07 Å². The number of aromatic nitrogens is 5. The summed E-state index contributed by atoms with van der Waals surface area (Å²) in [5, 5.41) is 19.8. The fraction of sp³-hybridized carbons (Fsp3) is 0.125. The van der Waals surface area contributed by atoms with Gasteiger partial charge in [0.2, 0.25) is 0 Å². The molecule has 68 valence electrons. The van der Waals surface area contributed by atoms with E-state index in [1.54, 1.807) is 25.3 Å². The third kappa shape index (κ3) is 1.21. The van der Waals surface area contributed by atoms with Crippen molar-refractivity contribution in [2.24, 2.45) is 0 Å². The molecule has 0 radical (unpaired) electrons. The van der Waals surface area contributed by atoms with Crippen LogP contribution in [0.3, 0.4) is 0 Å². The molecule has 6 nitrogen and oxygen atoms in total. The van der Waals surface area contributed by atoms with E-state index in [-0.39, 0.29) is 0 Å². The molecule has 6 heteroatoms. The van der Waals surface area contributed by atoms with E-state index in [1.165, 1.54) is 4.68 Å². The molecule has 0 N–H and O–H groups in total. The summed E-state index contributed by atoms with van der Waals surface area (Å²) in [6.45, 7) is 1.75. The Morgan fingerprint density at radius 3 is 3.00 bits per heavy atom. The molecule has 0 amide bonds. The Balaban J connectivity index is 2.64. The largest absolute Gasteiger partial charge is 0.236 e. The molecule has 0 spiro atoms. The van der Waals surface area contributed by atoms with E-state index in [9.17, 15) is 0 Å². The highest BCUT2D eigenvalue weighted by molar-refractivity contribution is 5.42. The zero-order valence-corrected chi connectivity index (χ0v) is 7.42. The molecule has 2 rings (SSSR count). The van der Waals surface area contributed by atoms with Gasteiger partial charge in [0, 0.05) is 6.20 Å². The summed E-state index contributed by atoms with van der Waals surface area (Å²) in [5.41, 5.74) is 0.447. The average Bonchev–Trinajstić information content (AvgIpc) is 2.64. The Labute approximate surface area is 79.8 Å². The highest BCUT2D eigenvalue weighted by Crippen LogP contribution is 2.08. The number of hydrogen-bond acceptors (Lipinski definition) is 5. The van der Waals surface area contributed by atoms with Gasteiger partial charge in [-0.25, -0.2) is 4.98 Å². The Morgan fingerprint density at radius 1 is 1.50 bits per heavy atom. The average molecular weight is 186 g/mol. The van der Waals surface area contributed by atoms with E-state index in [4.69, 9.17) is 5.26 Å². The molecule has 2 aromatic rings. The van der Waals surface area contributed by atoms with Crippen molar-refractivity contribution in [1.29, 1.82) is 5.26 Å². The lowest BCUT2D eigenvalue weighted by Crippen LogP contribution is -2.04. The molecule has 14 heavy (non-hydrogen) atoms. The standard InChI is InChI=1S/C8H6N6/c1-6-11-12-13-14(6)8-7(5-9)3-2-4-10-8/h2-4H,1H3. The van der Waals surface area contributed by atoms with E-state index in [2.05, 4.69) is 20.5 Å². The highest BCUT2D eigenvalue weighted by Gasteiger charge is 2.08. The van der Waals surface area contributed by atoms with Crippen LogP contribution in [0, 0.1) is 18.3 Å². The summed E-state index contributed by atoms with van der Waals surface area (Å²) in [4.78, 5) is 4.05. The maximum Gasteiger partial charge on any atom is 0.175 e. The lowest BCUT2D eigenvalue weighted by atomic mass is 10.3. The van der Waals surface area contributed by atoms with Crippen molar-refractivity contribution >= 4 is 0 Å². The van der Waals surface area contributed by atoms with Crippen molar-refractivity contribution in [3.63, 3.8) is 0 Å². The van der Waals surface area contributed by atoms with Crippen LogP contribution in [0.2, 0.25) is 0 Å². The first-order valence-corrected chi connectivity index (χ1v) is 3.93. The normalized spacial score (nSPS) is 9.71. The fourth-order valence-corrected chi connectivity index (χ4v) is 1.08. The summed E-state index contributed by atoms with van der Waals surface area (Å²) in [5.74, 6) is 1.05. The van der Waals surface area contributed by atoms with E-state index in [0.717, 1.165) is 0 Å². The number of aryl methyl sites for hydroxylation is 1. The van der Waals surface area contributed by atoms with Gasteiger partial charge >= 0.3 is 0 Å². The fourth-order valence-electron chi connectivity index (χ4n) is 1.08. The highest BCUT2D eigenvalue weighted by atomic mass is 15.5. The molecule has 0 unspecified atom stereocenters. The second-order valence-corrected chi connectivity index (χ2v) is 2.62. The van der Waals surface area contributed by atoms with Crippen LogP contribution >= 0.6 is 0 Å². The van der Waals surface area contributed by atoms with Crippen molar-refractivity contribution in [3.8, 4) is 11.9 Å². The number of rotatable bonds is 1. The smallest absolute Gasteiger partial charge is 0.175 e. The molecule has 0 aliphatic carbocycles. The van der Waals surface area contributed by atoms with Crippen molar-refractivity contribution in [1.82, 2.24) is 25.2 Å². The zero-order chi connectivity index (χ0) is 9.97. The molecular formula is C8H6N6. The Bertz CT molecular complexity index is 495. The number of hydrogen-bond donors (Lipinski definition) is 0. The lowest BCUT2D eigenvalue weighted by Gasteiger charge is -2.00. The molecule has 0 atom stereocenters. The molecule has 2 aromatic heterocycles. The van der Waals surface area contributed by atoms with Crippen LogP contribution in [0.15, 0.2) is 18.3 Å². The van der Waals surface area contributed by atoms with Crippen molar-refractivity contribution in [2.45, 2.75) is 6.92 Å². The van der Waals surface area contributed by atoms with Crippen LogP contribution in [0.5, 0.6) is 0 Å². The van der Waals surface area contributed by atoms with Crippen LogP contribution in [-0.2, 0) is 0 Å². The second kappa shape index (κ2) is 3.22. The van der Waals surface area contributed by atoms with Gasteiger partial charge in [-0.3, -0.25) is 0 Å². The maximum atomic E-state index is 8.84. The predicted molar refractivity (Wildman–Crippen MR) is 46.4 cm³/mol. The second-order valence-electron chi connectivity index (χ2n) is 2.62. The van der Waals surface area contributed by atoms with Gasteiger partial charge in [0.15, 0.2) is 11.6 Å². The minimum atomic E-state index is 0.447. The van der Waals surface area contributed by atoms with Gasteiger partial charge in [0.05, 0.1) is 5.56 Å². The molecule has 2 heterocycles. The first-order valence-electron chi connectivity index (χ1n) is 3.93. The van der Waals surface area contributed by atoms with E-state index < -0.39 is 0 Å². The summed E-state index contributed by atoms with van der Waals surface area (Å²) < 4.78 is 1.43. The maximum absolute atomic E-state index is 8.84. The molecule has 0 saturated carbocycles. The van der Waals surface area contributed by atoms with Gasteiger partial charge in [-0.2, -0.15) is 9.94 Å². The first-order chi connectivity index (χ1) is 6.83. The molecule has 0 saturated heterocycles. The topological polar surface area (TPSA) is 80.3 Å². The Kier molecular flexibility index (Phi) is 1.91. The van der Waals surface area contributed by atoms with Gasteiger partial charge in [0.25, 0.3) is 0 Å². The molecule has 0 bridgehead atoms. The molecular weight excluding hydrogens is 180 g/mol. The summed E-state index contributed by atoms with van der Waals surface area (Å²) in [7, 11) is 0. The van der Waals surface area contributed by atoms with Gasteiger partial charge < -0.3 is 0 Å². The minimum absolute atomic E-state index is 0.447. The van der Waals surface area contributed by atoms with Crippen molar-refractivity contribution in [2.75, 3.05) is 0 Å². The Morgan fingerprint density at radius 2 is 2.36 bits per heavy atom. The minimum Gasteiger partial charge on any atom is -0.236 e. The third-order valence-electron chi connectivity index (χ3n) is 1.73. The quantitative estimate of drug-likeness (QED) is 0.637. The summed E-state index contributed by atoms with van der Waals surface area (Å²) >= 11 is 0. The van der Waals surface area contributed by atoms with E-state index >= 15 is 0 Å². The van der Waals surface area contributed by atoms with Crippen LogP contribution in [0.1, 0.15) is 11.4 Å². The number of tetrazole rings is 1. The molecule has 0 fully saturated rings. The molecule has 0 aliphatic rings. The van der Waals surface area contributed by atoms with Crippen LogP contribution in [0.25, 0.3) is 5.82 Å². The number of nitriles is 1. The van der Waals surface area contributed by atoms with Gasteiger partial charge in [-0.15, -0.1) is 5.10 Å². The van der Waals surface area contributed by atoms with Gasteiger partial charge in [0.1, 0.15) is 6.07 Å². The summed E-state index contributed by atoms with van der Waals surface area (Å²) in [6.07, 6.45) is 1.59. The van der Waals surface area contributed by atoms with Crippen LogP contribution in [-0.4, -0.2) is 25.2 Å². The third-order valence-corrected chi connectivity index (χ3v) is 1.73. The lowest BCUT2D eigenvalue weighted by molar-refractivity contribution is 0.758. The predicted octanol–water partition coefficient (Wildman–Crippen LogP) is 0.237. The summed E-state index contributed by atoms with van der Waals surface area (Å²) in [6, 6.07) is 5.40. The van der Waals surface area contributed by atoms with Crippen molar-refractivity contribution in [3.05, 3.63) is 29.7 Å². The van der Waals surface area contributed by atoms with E-state index in [0.29, 0.717) is 17.2 Å². The molecule has 0 aromatic carbocycles. The monoisotopic (exact) mass is 186 g/mol. The first kappa shape index (κ1) is 8.31.